The smallest absolute Gasteiger partial charge is 0.414 e. The predicted molar refractivity (Wildman–Crippen MR) is 137 cm³/mol. The fourth-order valence-electron chi connectivity index (χ4n) is 4.67. The van der Waals surface area contributed by atoms with E-state index in [1.807, 2.05) is 30.3 Å². The van der Waals surface area contributed by atoms with Gasteiger partial charge in [-0.25, -0.2) is 22.0 Å². The van der Waals surface area contributed by atoms with Gasteiger partial charge in [0.1, 0.15) is 18.2 Å². The summed E-state index contributed by atoms with van der Waals surface area (Å²) in [5, 5.41) is 0. The van der Waals surface area contributed by atoms with Crippen molar-refractivity contribution in [2.75, 3.05) is 27.6 Å². The molecule has 2 aliphatic heterocycles. The van der Waals surface area contributed by atoms with E-state index < -0.39 is 33.4 Å². The van der Waals surface area contributed by atoms with Crippen molar-refractivity contribution in [2.45, 2.75) is 37.2 Å². The molecule has 0 spiro atoms. The molecule has 0 aliphatic carbocycles. The molecule has 38 heavy (non-hydrogen) atoms. The number of rotatable bonds is 6. The molecule has 0 unspecified atom stereocenters. The van der Waals surface area contributed by atoms with E-state index in [0.717, 1.165) is 24.1 Å². The average Bonchev–Trinajstić information content (AvgIpc) is 3.34. The Balaban J connectivity index is 1.50. The summed E-state index contributed by atoms with van der Waals surface area (Å²) in [5.41, 5.74) is 1.64. The number of ether oxygens (including phenoxy) is 1. The zero-order valence-electron chi connectivity index (χ0n) is 20.3. The number of hydrogen-bond donors (Lipinski definition) is 1. The van der Waals surface area contributed by atoms with E-state index in [4.69, 9.17) is 4.74 Å². The lowest BCUT2D eigenvalue weighted by atomic mass is 10.1. The molecule has 11 heteroatoms. The van der Waals surface area contributed by atoms with Crippen molar-refractivity contribution in [3.63, 3.8) is 0 Å². The number of carbonyl (C=O) groups is 2. The van der Waals surface area contributed by atoms with Crippen LogP contribution in [0.5, 0.6) is 0 Å². The van der Waals surface area contributed by atoms with Crippen molar-refractivity contribution >= 4 is 39.1 Å². The fourth-order valence-corrected chi connectivity index (χ4v) is 5.81. The first-order valence-electron chi connectivity index (χ1n) is 12.2. The van der Waals surface area contributed by atoms with Crippen LogP contribution < -0.4 is 14.5 Å². The number of nitrogens with one attached hydrogen (secondary N) is 1. The Morgan fingerprint density at radius 3 is 2.50 bits per heavy atom. The largest absolute Gasteiger partial charge is 0.444 e. The number of benzene rings is 3. The number of nitrogens with zero attached hydrogens (tertiary/aromatic N) is 2. The van der Waals surface area contributed by atoms with Crippen LogP contribution in [0.25, 0.3) is 0 Å². The highest BCUT2D eigenvalue weighted by molar-refractivity contribution is 7.92. The summed E-state index contributed by atoms with van der Waals surface area (Å²) in [7, 11) is -4.32. The maximum Gasteiger partial charge on any atom is 0.414 e. The third-order valence-electron chi connectivity index (χ3n) is 6.54. The number of halogens is 2. The second-order valence-corrected chi connectivity index (χ2v) is 10.8. The number of carbonyl (C=O) groups excluding carboxylic acids is 2. The van der Waals surface area contributed by atoms with Gasteiger partial charge in [0.05, 0.1) is 22.0 Å². The zero-order chi connectivity index (χ0) is 26.9. The average molecular weight is 542 g/mol. The molecule has 0 saturated carbocycles. The van der Waals surface area contributed by atoms with E-state index in [1.165, 1.54) is 21.9 Å². The molecule has 0 bridgehead atoms. The van der Waals surface area contributed by atoms with Gasteiger partial charge in [-0.05, 0) is 54.7 Å². The van der Waals surface area contributed by atoms with Gasteiger partial charge in [0.15, 0.2) is 0 Å². The highest BCUT2D eigenvalue weighted by Gasteiger charge is 2.35. The number of fused-ring (bicyclic) bond motifs is 1. The summed E-state index contributed by atoms with van der Waals surface area (Å²) in [6.45, 7) is 0.659. The third-order valence-corrected chi connectivity index (χ3v) is 7.89. The SMILES string of the molecule is O=C1CCCCN1c1cc(S(=O)(=O)Nc2ccc(F)cc2F)cc2c1N(C(=O)OCc1ccccc1)CC2. The second-order valence-electron chi connectivity index (χ2n) is 9.12. The molecule has 5 rings (SSSR count). The minimum atomic E-state index is -4.32. The molecule has 0 atom stereocenters. The molecule has 3 aromatic carbocycles. The standard InChI is InChI=1S/C27H25F2N3O5S/c28-20-9-10-23(22(29)15-20)30-38(35,36)21-14-19-11-13-32(27(34)37-17-18-6-2-1-3-7-18)26(19)24(16-21)31-12-5-4-8-25(31)33/h1-3,6-7,9-10,14-16,30H,4-5,8,11-13,17H2. The van der Waals surface area contributed by atoms with Gasteiger partial charge in [-0.15, -0.1) is 0 Å². The third kappa shape index (κ3) is 5.19. The Hall–Kier alpha value is -3.99. The van der Waals surface area contributed by atoms with Crippen molar-refractivity contribution in [3.05, 3.63) is 83.4 Å². The van der Waals surface area contributed by atoms with E-state index in [9.17, 15) is 26.8 Å². The number of anilines is 3. The van der Waals surface area contributed by atoms with Gasteiger partial charge in [0.2, 0.25) is 5.91 Å². The molecule has 1 fully saturated rings. The molecule has 0 aromatic heterocycles. The lowest BCUT2D eigenvalue weighted by Crippen LogP contribution is -2.37. The number of amides is 2. The highest BCUT2D eigenvalue weighted by atomic mass is 32.2. The lowest BCUT2D eigenvalue weighted by Gasteiger charge is -2.31. The maximum atomic E-state index is 14.2. The minimum absolute atomic E-state index is 0.0586. The summed E-state index contributed by atoms with van der Waals surface area (Å²) in [4.78, 5) is 28.6. The van der Waals surface area contributed by atoms with Crippen LogP contribution >= 0.6 is 0 Å². The van der Waals surface area contributed by atoms with E-state index in [2.05, 4.69) is 4.72 Å². The van der Waals surface area contributed by atoms with Crippen molar-refractivity contribution in [3.8, 4) is 0 Å². The van der Waals surface area contributed by atoms with Crippen LogP contribution in [0.3, 0.4) is 0 Å². The first-order chi connectivity index (χ1) is 18.2. The molecule has 1 N–H and O–H groups in total. The normalized spacial score (nSPS) is 15.4. The quantitative estimate of drug-likeness (QED) is 0.475. The maximum absolute atomic E-state index is 14.2. The molecule has 8 nitrogen and oxygen atoms in total. The van der Waals surface area contributed by atoms with Gasteiger partial charge in [-0.2, -0.15) is 0 Å². The van der Waals surface area contributed by atoms with Gasteiger partial charge in [-0.3, -0.25) is 14.4 Å². The minimum Gasteiger partial charge on any atom is -0.444 e. The Morgan fingerprint density at radius 2 is 1.76 bits per heavy atom. The second kappa shape index (κ2) is 10.4. The first kappa shape index (κ1) is 25.7. The highest BCUT2D eigenvalue weighted by Crippen LogP contribution is 2.42. The molecular formula is C27H25F2N3O5S. The Labute approximate surface area is 218 Å². The van der Waals surface area contributed by atoms with Crippen LogP contribution in [0.4, 0.5) is 30.6 Å². The fraction of sp³-hybridized carbons (Fsp3) is 0.259. The number of piperidine rings is 1. The van der Waals surface area contributed by atoms with Crippen LogP contribution in [0.1, 0.15) is 30.4 Å². The summed E-state index contributed by atoms with van der Waals surface area (Å²) in [6, 6.07) is 14.4. The summed E-state index contributed by atoms with van der Waals surface area (Å²) < 4.78 is 61.7. The monoisotopic (exact) mass is 541 g/mol. The molecule has 1 saturated heterocycles. The van der Waals surface area contributed by atoms with Crippen LogP contribution in [-0.2, 0) is 32.6 Å². The molecule has 2 amide bonds. The van der Waals surface area contributed by atoms with Crippen LogP contribution in [0.15, 0.2) is 65.6 Å². The van der Waals surface area contributed by atoms with Crippen LogP contribution in [0.2, 0.25) is 0 Å². The van der Waals surface area contributed by atoms with Crippen LogP contribution in [-0.4, -0.2) is 33.5 Å². The van der Waals surface area contributed by atoms with E-state index in [1.54, 1.807) is 0 Å². The number of hydrogen-bond acceptors (Lipinski definition) is 5. The molecule has 0 radical (unpaired) electrons. The lowest BCUT2D eigenvalue weighted by molar-refractivity contribution is -0.119. The number of sulfonamides is 1. The molecular weight excluding hydrogens is 516 g/mol. The van der Waals surface area contributed by atoms with Crippen molar-refractivity contribution in [1.29, 1.82) is 0 Å². The Kier molecular flexibility index (Phi) is 7.02. The van der Waals surface area contributed by atoms with Gasteiger partial charge in [0, 0.05) is 25.6 Å². The van der Waals surface area contributed by atoms with Crippen molar-refractivity contribution in [1.82, 2.24) is 0 Å². The summed E-state index contributed by atoms with van der Waals surface area (Å²) in [6.07, 6.45) is 1.45. The summed E-state index contributed by atoms with van der Waals surface area (Å²) >= 11 is 0. The van der Waals surface area contributed by atoms with E-state index in [-0.39, 0.29) is 29.6 Å². The molecule has 2 aliphatic rings. The van der Waals surface area contributed by atoms with Crippen LogP contribution in [0, 0.1) is 11.6 Å². The van der Waals surface area contributed by atoms with Crippen molar-refractivity contribution in [2.24, 2.45) is 0 Å². The topological polar surface area (TPSA) is 96.0 Å². The van der Waals surface area contributed by atoms with Gasteiger partial charge in [-0.1, -0.05) is 30.3 Å². The summed E-state index contributed by atoms with van der Waals surface area (Å²) in [5.74, 6) is -2.09. The molecule has 2 heterocycles. The van der Waals surface area contributed by atoms with E-state index in [0.29, 0.717) is 43.1 Å². The molecule has 3 aromatic rings. The zero-order valence-corrected chi connectivity index (χ0v) is 21.1. The Bertz CT molecular complexity index is 1500. The predicted octanol–water partition coefficient (Wildman–Crippen LogP) is 4.98. The van der Waals surface area contributed by atoms with E-state index >= 15 is 0 Å². The Morgan fingerprint density at radius 1 is 0.974 bits per heavy atom. The van der Waals surface area contributed by atoms with Gasteiger partial charge in [0.25, 0.3) is 10.0 Å². The molecule has 198 valence electrons. The van der Waals surface area contributed by atoms with Gasteiger partial charge >= 0.3 is 6.09 Å². The first-order valence-corrected chi connectivity index (χ1v) is 13.6. The van der Waals surface area contributed by atoms with Gasteiger partial charge < -0.3 is 9.64 Å². The van der Waals surface area contributed by atoms with Crippen molar-refractivity contribution < 1.29 is 31.5 Å².